The summed E-state index contributed by atoms with van der Waals surface area (Å²) >= 11 is 5.72. The van der Waals surface area contributed by atoms with Crippen molar-refractivity contribution in [1.29, 1.82) is 0 Å². The number of fused-ring (bicyclic) bond motifs is 1. The molecule has 1 N–H and O–H groups in total. The van der Waals surface area contributed by atoms with Crippen molar-refractivity contribution in [2.24, 2.45) is 0 Å². The average Bonchev–Trinajstić information content (AvgIpc) is 2.02. The monoisotopic (exact) mass is 215 g/mol. The molecule has 5 heteroatoms. The molecule has 1 aromatic rings. The molecule has 1 amide bonds. The van der Waals surface area contributed by atoms with Crippen molar-refractivity contribution in [2.75, 3.05) is 11.1 Å². The van der Waals surface area contributed by atoms with Crippen LogP contribution in [0.4, 0.5) is 5.69 Å². The van der Waals surface area contributed by atoms with Crippen LogP contribution < -0.4 is 5.32 Å². The van der Waals surface area contributed by atoms with Gasteiger partial charge in [-0.25, -0.2) is 0 Å². The Balaban J connectivity index is 2.55. The van der Waals surface area contributed by atoms with Gasteiger partial charge in [-0.3, -0.25) is 9.00 Å². The Morgan fingerprint density at radius 3 is 3.00 bits per heavy atom. The zero-order chi connectivity index (χ0) is 9.42. The third-order valence-corrected chi connectivity index (χ3v) is 3.33. The van der Waals surface area contributed by atoms with E-state index in [0.29, 0.717) is 15.6 Å². The van der Waals surface area contributed by atoms with Gasteiger partial charge in [-0.05, 0) is 18.2 Å². The molecule has 1 atom stereocenters. The summed E-state index contributed by atoms with van der Waals surface area (Å²) in [5.74, 6) is -0.192. The van der Waals surface area contributed by atoms with Crippen molar-refractivity contribution >= 4 is 34.0 Å². The molecule has 1 unspecified atom stereocenters. The van der Waals surface area contributed by atoms with Gasteiger partial charge in [0.05, 0.1) is 21.4 Å². The second-order valence-electron chi connectivity index (χ2n) is 2.68. The highest BCUT2D eigenvalue weighted by Gasteiger charge is 2.20. The summed E-state index contributed by atoms with van der Waals surface area (Å²) in [5.41, 5.74) is 0.557. The second kappa shape index (κ2) is 3.12. The number of amides is 1. The van der Waals surface area contributed by atoms with E-state index in [4.69, 9.17) is 11.6 Å². The van der Waals surface area contributed by atoms with E-state index in [1.165, 1.54) is 0 Å². The normalized spacial score (nSPS) is 20.7. The van der Waals surface area contributed by atoms with Crippen LogP contribution in [0.25, 0.3) is 0 Å². The summed E-state index contributed by atoms with van der Waals surface area (Å²) in [4.78, 5) is 11.6. The highest BCUT2D eigenvalue weighted by molar-refractivity contribution is 7.86. The van der Waals surface area contributed by atoms with Crippen molar-refractivity contribution in [1.82, 2.24) is 0 Å². The van der Waals surface area contributed by atoms with Crippen LogP contribution in [-0.4, -0.2) is 15.9 Å². The number of benzene rings is 1. The molecule has 0 radical (unpaired) electrons. The number of hydrogen-bond acceptors (Lipinski definition) is 2. The molecule has 0 spiro atoms. The molecule has 3 nitrogen and oxygen atoms in total. The lowest BCUT2D eigenvalue weighted by Gasteiger charge is -2.15. The van der Waals surface area contributed by atoms with Crippen LogP contribution in [0.15, 0.2) is 23.1 Å². The van der Waals surface area contributed by atoms with E-state index in [2.05, 4.69) is 5.32 Å². The Hall–Kier alpha value is -0.870. The first-order valence-corrected chi connectivity index (χ1v) is 5.34. The zero-order valence-corrected chi connectivity index (χ0v) is 8.11. The maximum atomic E-state index is 11.4. The molecule has 1 aromatic carbocycles. The number of nitrogens with one attached hydrogen (secondary N) is 1. The maximum absolute atomic E-state index is 11.4. The van der Waals surface area contributed by atoms with Gasteiger partial charge in [-0.2, -0.15) is 0 Å². The highest BCUT2D eigenvalue weighted by Crippen LogP contribution is 2.26. The average molecular weight is 216 g/mol. The van der Waals surface area contributed by atoms with E-state index >= 15 is 0 Å². The first-order chi connectivity index (χ1) is 6.16. The summed E-state index contributed by atoms with van der Waals surface area (Å²) in [6.07, 6.45) is 0. The van der Waals surface area contributed by atoms with E-state index < -0.39 is 10.8 Å². The number of halogens is 1. The summed E-state index contributed by atoms with van der Waals surface area (Å²) in [6, 6.07) is 4.94. The van der Waals surface area contributed by atoms with Gasteiger partial charge in [0.2, 0.25) is 5.91 Å². The first-order valence-electron chi connectivity index (χ1n) is 3.64. The molecule has 1 aliphatic rings. The third kappa shape index (κ3) is 1.59. The SMILES string of the molecule is O=C1CS(=O)c2ccc(Cl)cc2N1. The molecule has 2 rings (SSSR count). The number of anilines is 1. The Morgan fingerprint density at radius 1 is 1.46 bits per heavy atom. The number of carbonyl (C=O) groups is 1. The van der Waals surface area contributed by atoms with Gasteiger partial charge in [0.15, 0.2) is 0 Å². The largest absolute Gasteiger partial charge is 0.324 e. The molecular formula is C8H6ClNO2S. The van der Waals surface area contributed by atoms with Gasteiger partial charge in [0, 0.05) is 5.02 Å². The molecule has 13 heavy (non-hydrogen) atoms. The lowest BCUT2D eigenvalue weighted by molar-refractivity contribution is -0.113. The van der Waals surface area contributed by atoms with Crippen molar-refractivity contribution in [3.05, 3.63) is 23.2 Å². The Kier molecular flexibility index (Phi) is 2.09. The molecule has 0 aromatic heterocycles. The van der Waals surface area contributed by atoms with Crippen LogP contribution in [0.5, 0.6) is 0 Å². The van der Waals surface area contributed by atoms with Gasteiger partial charge in [-0.1, -0.05) is 11.6 Å². The summed E-state index contributed by atoms with van der Waals surface area (Å²) in [7, 11) is -1.22. The lowest BCUT2D eigenvalue weighted by Crippen LogP contribution is -2.25. The van der Waals surface area contributed by atoms with Gasteiger partial charge in [0.1, 0.15) is 5.75 Å². The lowest BCUT2D eigenvalue weighted by atomic mass is 10.3. The number of carbonyl (C=O) groups excluding carboxylic acids is 1. The molecule has 1 heterocycles. The number of hydrogen-bond donors (Lipinski definition) is 1. The Bertz CT molecular complexity index is 405. The quantitative estimate of drug-likeness (QED) is 0.711. The Morgan fingerprint density at radius 2 is 2.23 bits per heavy atom. The standard InChI is InChI=1S/C8H6ClNO2S/c9-5-1-2-7-6(3-5)10-8(11)4-13(7)12/h1-3H,4H2,(H,10,11). The van der Waals surface area contributed by atoms with Crippen LogP contribution in [0, 0.1) is 0 Å². The topological polar surface area (TPSA) is 46.2 Å². The van der Waals surface area contributed by atoms with Crippen molar-refractivity contribution < 1.29 is 9.00 Å². The first kappa shape index (κ1) is 8.72. The molecule has 68 valence electrons. The van der Waals surface area contributed by atoms with E-state index in [9.17, 15) is 9.00 Å². The van der Waals surface area contributed by atoms with Crippen LogP contribution in [-0.2, 0) is 15.6 Å². The molecule has 0 bridgehead atoms. The van der Waals surface area contributed by atoms with Gasteiger partial charge in [-0.15, -0.1) is 0 Å². The van der Waals surface area contributed by atoms with Crippen molar-refractivity contribution in [2.45, 2.75) is 4.90 Å². The van der Waals surface area contributed by atoms with E-state index in [0.717, 1.165) is 0 Å². The fraction of sp³-hybridized carbons (Fsp3) is 0.125. The van der Waals surface area contributed by atoms with E-state index in [1.807, 2.05) is 0 Å². The van der Waals surface area contributed by atoms with E-state index in [1.54, 1.807) is 18.2 Å². The number of rotatable bonds is 0. The molecular weight excluding hydrogens is 210 g/mol. The van der Waals surface area contributed by atoms with Gasteiger partial charge >= 0.3 is 0 Å². The minimum absolute atomic E-state index is 0.0363. The smallest absolute Gasteiger partial charge is 0.237 e. The predicted octanol–water partition coefficient (Wildman–Crippen LogP) is 1.40. The minimum atomic E-state index is -1.22. The van der Waals surface area contributed by atoms with Gasteiger partial charge < -0.3 is 5.32 Å². The summed E-state index contributed by atoms with van der Waals surface area (Å²) < 4.78 is 11.4. The van der Waals surface area contributed by atoms with Crippen LogP contribution in [0.2, 0.25) is 5.02 Å². The van der Waals surface area contributed by atoms with Crippen molar-refractivity contribution in [3.63, 3.8) is 0 Å². The maximum Gasteiger partial charge on any atom is 0.237 e. The summed E-state index contributed by atoms with van der Waals surface area (Å²) in [6.45, 7) is 0. The molecule has 0 saturated carbocycles. The van der Waals surface area contributed by atoms with Crippen LogP contribution in [0.1, 0.15) is 0 Å². The highest BCUT2D eigenvalue weighted by atomic mass is 35.5. The second-order valence-corrected chi connectivity index (χ2v) is 4.53. The van der Waals surface area contributed by atoms with Crippen LogP contribution in [0.3, 0.4) is 0 Å². The van der Waals surface area contributed by atoms with Gasteiger partial charge in [0.25, 0.3) is 0 Å². The van der Waals surface area contributed by atoms with Crippen LogP contribution >= 0.6 is 11.6 Å². The molecule has 1 aliphatic heterocycles. The third-order valence-electron chi connectivity index (χ3n) is 1.72. The molecule has 0 saturated heterocycles. The summed E-state index contributed by atoms with van der Waals surface area (Å²) in [5, 5.41) is 3.14. The molecule has 0 aliphatic carbocycles. The fourth-order valence-corrected chi connectivity index (χ4v) is 2.39. The van der Waals surface area contributed by atoms with Crippen molar-refractivity contribution in [3.8, 4) is 0 Å². The fourth-order valence-electron chi connectivity index (χ4n) is 1.18. The van der Waals surface area contributed by atoms with E-state index in [-0.39, 0.29) is 11.7 Å². The predicted molar refractivity (Wildman–Crippen MR) is 51.4 cm³/mol. The minimum Gasteiger partial charge on any atom is -0.324 e. The Labute approximate surface area is 82.5 Å². The molecule has 0 fully saturated rings. The zero-order valence-electron chi connectivity index (χ0n) is 6.54.